The summed E-state index contributed by atoms with van der Waals surface area (Å²) < 4.78 is 0. The van der Waals surface area contributed by atoms with Gasteiger partial charge in [-0.15, -0.1) is 23.1 Å². The van der Waals surface area contributed by atoms with E-state index in [0.29, 0.717) is 5.75 Å². The Morgan fingerprint density at radius 2 is 2.16 bits per heavy atom. The molecule has 3 heterocycles. The molecule has 1 amide bonds. The van der Waals surface area contributed by atoms with Gasteiger partial charge in [0.05, 0.1) is 5.75 Å². The summed E-state index contributed by atoms with van der Waals surface area (Å²) in [5, 5.41) is 2.23. The van der Waals surface area contributed by atoms with Crippen LogP contribution >= 0.6 is 23.1 Å². The first-order chi connectivity index (χ1) is 9.34. The second-order valence-electron chi connectivity index (χ2n) is 4.36. The first-order valence-electron chi connectivity index (χ1n) is 6.18. The van der Waals surface area contributed by atoms with Crippen molar-refractivity contribution in [1.29, 1.82) is 0 Å². The predicted octanol–water partition coefficient (Wildman–Crippen LogP) is 2.96. The Bertz CT molecular complexity index is 542. The Kier molecular flexibility index (Phi) is 3.84. The average Bonchev–Trinajstić information content (AvgIpc) is 3.07. The Balaban J connectivity index is 1.72. The van der Waals surface area contributed by atoms with Crippen LogP contribution in [0.4, 0.5) is 0 Å². The van der Waals surface area contributed by atoms with Gasteiger partial charge in [-0.1, -0.05) is 6.07 Å². The third-order valence-electron chi connectivity index (χ3n) is 3.14. The van der Waals surface area contributed by atoms with Gasteiger partial charge in [0.2, 0.25) is 5.91 Å². The standard InChI is InChI=1S/C14H14N2OS2/c17-13-10-19-14(11-3-6-15-7-4-11)16(13)8-5-12-2-1-9-18-12/h1-4,6-7,9,14H,5,8,10H2. The van der Waals surface area contributed by atoms with Crippen LogP contribution < -0.4 is 0 Å². The molecule has 0 bridgehead atoms. The fourth-order valence-electron chi connectivity index (χ4n) is 2.19. The third kappa shape index (κ3) is 2.82. The van der Waals surface area contributed by atoms with Crippen molar-refractivity contribution < 1.29 is 4.79 Å². The molecule has 1 fully saturated rings. The fraction of sp³-hybridized carbons (Fsp3) is 0.286. The maximum Gasteiger partial charge on any atom is 0.233 e. The number of pyridine rings is 1. The summed E-state index contributed by atoms with van der Waals surface area (Å²) in [6.45, 7) is 0.791. The van der Waals surface area contributed by atoms with Gasteiger partial charge in [-0.2, -0.15) is 0 Å². The maximum atomic E-state index is 12.0. The van der Waals surface area contributed by atoms with Crippen molar-refractivity contribution in [2.24, 2.45) is 0 Å². The van der Waals surface area contributed by atoms with Gasteiger partial charge in [-0.25, -0.2) is 0 Å². The Hall–Kier alpha value is -1.33. The van der Waals surface area contributed by atoms with Crippen LogP contribution in [0.25, 0.3) is 0 Å². The lowest BCUT2D eigenvalue weighted by Crippen LogP contribution is -2.30. The van der Waals surface area contributed by atoms with Crippen LogP contribution in [0.1, 0.15) is 15.8 Å². The molecule has 3 nitrogen and oxygen atoms in total. The molecule has 0 saturated carbocycles. The number of aromatic nitrogens is 1. The van der Waals surface area contributed by atoms with Crippen LogP contribution in [0.5, 0.6) is 0 Å². The third-order valence-corrected chi connectivity index (χ3v) is 5.33. The van der Waals surface area contributed by atoms with Crippen molar-refractivity contribution in [3.8, 4) is 0 Å². The zero-order chi connectivity index (χ0) is 13.1. The number of thiophene rings is 1. The zero-order valence-corrected chi connectivity index (χ0v) is 12.0. The monoisotopic (exact) mass is 290 g/mol. The van der Waals surface area contributed by atoms with E-state index < -0.39 is 0 Å². The topological polar surface area (TPSA) is 33.2 Å². The molecule has 1 saturated heterocycles. The summed E-state index contributed by atoms with van der Waals surface area (Å²) in [5.74, 6) is 0.820. The van der Waals surface area contributed by atoms with Gasteiger partial charge in [-0.05, 0) is 35.6 Å². The quantitative estimate of drug-likeness (QED) is 0.868. The molecular formula is C14H14N2OS2. The molecule has 0 N–H and O–H groups in total. The summed E-state index contributed by atoms with van der Waals surface area (Å²) in [5.41, 5.74) is 1.16. The number of carbonyl (C=O) groups excluding carboxylic acids is 1. The van der Waals surface area contributed by atoms with Crippen molar-refractivity contribution >= 4 is 29.0 Å². The lowest BCUT2D eigenvalue weighted by molar-refractivity contribution is -0.128. The van der Waals surface area contributed by atoms with Gasteiger partial charge in [0.1, 0.15) is 5.37 Å². The van der Waals surface area contributed by atoms with Gasteiger partial charge in [0.15, 0.2) is 0 Å². The Morgan fingerprint density at radius 3 is 2.89 bits per heavy atom. The summed E-state index contributed by atoms with van der Waals surface area (Å²) in [6, 6.07) is 8.17. The second-order valence-corrected chi connectivity index (χ2v) is 6.46. The summed E-state index contributed by atoms with van der Waals surface area (Å²) in [4.78, 5) is 19.4. The molecule has 1 atom stereocenters. The van der Waals surface area contributed by atoms with Crippen LogP contribution in [0.2, 0.25) is 0 Å². The molecule has 2 aromatic heterocycles. The number of rotatable bonds is 4. The predicted molar refractivity (Wildman–Crippen MR) is 79.2 cm³/mol. The summed E-state index contributed by atoms with van der Waals surface area (Å²) in [7, 11) is 0. The second kappa shape index (κ2) is 5.75. The van der Waals surface area contributed by atoms with E-state index in [0.717, 1.165) is 18.5 Å². The van der Waals surface area contributed by atoms with E-state index in [1.165, 1.54) is 4.88 Å². The summed E-state index contributed by atoms with van der Waals surface area (Å²) in [6.07, 6.45) is 4.51. The molecule has 5 heteroatoms. The van der Waals surface area contributed by atoms with E-state index in [9.17, 15) is 4.79 Å². The lowest BCUT2D eigenvalue weighted by Gasteiger charge is -2.23. The first kappa shape index (κ1) is 12.7. The Labute approximate surface area is 120 Å². The van der Waals surface area contributed by atoms with Crippen LogP contribution in [0, 0.1) is 0 Å². The van der Waals surface area contributed by atoms with E-state index in [2.05, 4.69) is 22.5 Å². The van der Waals surface area contributed by atoms with Crippen molar-refractivity contribution in [2.45, 2.75) is 11.8 Å². The number of carbonyl (C=O) groups is 1. The normalized spacial score (nSPS) is 19.1. The molecule has 0 aliphatic carbocycles. The molecule has 3 rings (SSSR count). The SMILES string of the molecule is O=C1CSC(c2ccncc2)N1CCc1cccs1. The molecule has 1 aliphatic heterocycles. The maximum absolute atomic E-state index is 12.0. The van der Waals surface area contributed by atoms with Gasteiger partial charge in [0, 0.05) is 23.8 Å². The number of amides is 1. The molecule has 1 aliphatic rings. The minimum atomic E-state index is 0.149. The zero-order valence-electron chi connectivity index (χ0n) is 10.4. The average molecular weight is 290 g/mol. The highest BCUT2D eigenvalue weighted by Crippen LogP contribution is 2.38. The molecule has 98 valence electrons. The molecule has 19 heavy (non-hydrogen) atoms. The van der Waals surface area contributed by atoms with E-state index in [4.69, 9.17) is 0 Å². The van der Waals surface area contributed by atoms with Gasteiger partial charge in [-0.3, -0.25) is 9.78 Å². The van der Waals surface area contributed by atoms with Crippen molar-refractivity contribution in [1.82, 2.24) is 9.88 Å². The highest BCUT2D eigenvalue weighted by Gasteiger charge is 2.32. The van der Waals surface area contributed by atoms with Gasteiger partial charge in [0.25, 0.3) is 0 Å². The lowest BCUT2D eigenvalue weighted by atomic mass is 10.2. The molecule has 0 spiro atoms. The van der Waals surface area contributed by atoms with Gasteiger partial charge >= 0.3 is 0 Å². The molecular weight excluding hydrogens is 276 g/mol. The summed E-state index contributed by atoms with van der Waals surface area (Å²) >= 11 is 3.45. The van der Waals surface area contributed by atoms with Crippen molar-refractivity contribution in [3.05, 3.63) is 52.5 Å². The first-order valence-corrected chi connectivity index (χ1v) is 8.11. The van der Waals surface area contributed by atoms with E-state index >= 15 is 0 Å². The smallest absolute Gasteiger partial charge is 0.233 e. The molecule has 2 aromatic rings. The van der Waals surface area contributed by atoms with Crippen LogP contribution in [0.15, 0.2) is 42.0 Å². The fourth-order valence-corrected chi connectivity index (χ4v) is 4.10. The largest absolute Gasteiger partial charge is 0.325 e. The van der Waals surface area contributed by atoms with E-state index in [1.54, 1.807) is 35.5 Å². The van der Waals surface area contributed by atoms with Crippen LogP contribution in [0.3, 0.4) is 0 Å². The van der Waals surface area contributed by atoms with E-state index in [1.807, 2.05) is 17.0 Å². The van der Waals surface area contributed by atoms with Crippen LogP contribution in [-0.2, 0) is 11.2 Å². The van der Waals surface area contributed by atoms with Gasteiger partial charge < -0.3 is 4.90 Å². The molecule has 0 radical (unpaired) electrons. The van der Waals surface area contributed by atoms with Crippen LogP contribution in [-0.4, -0.2) is 28.1 Å². The highest BCUT2D eigenvalue weighted by molar-refractivity contribution is 8.00. The minimum absolute atomic E-state index is 0.149. The van der Waals surface area contributed by atoms with E-state index in [-0.39, 0.29) is 11.3 Å². The molecule has 0 aromatic carbocycles. The number of hydrogen-bond acceptors (Lipinski definition) is 4. The number of thioether (sulfide) groups is 1. The highest BCUT2D eigenvalue weighted by atomic mass is 32.2. The molecule has 1 unspecified atom stereocenters. The minimum Gasteiger partial charge on any atom is -0.325 e. The number of hydrogen-bond donors (Lipinski definition) is 0. The Morgan fingerprint density at radius 1 is 1.32 bits per heavy atom. The number of nitrogens with zero attached hydrogens (tertiary/aromatic N) is 2. The van der Waals surface area contributed by atoms with Crippen molar-refractivity contribution in [2.75, 3.05) is 12.3 Å². The van der Waals surface area contributed by atoms with Crippen molar-refractivity contribution in [3.63, 3.8) is 0 Å².